The number of anilines is 2. The number of carbonyl (C=O) groups excluding carboxylic acids is 3. The van der Waals surface area contributed by atoms with Crippen LogP contribution in [0.4, 0.5) is 16.2 Å². The van der Waals surface area contributed by atoms with E-state index in [2.05, 4.69) is 21.3 Å². The summed E-state index contributed by atoms with van der Waals surface area (Å²) in [6, 6.07) is 14.4. The number of carbonyl (C=O) groups is 4. The first-order chi connectivity index (χ1) is 20.6. The molecule has 4 amide bonds. The lowest BCUT2D eigenvalue weighted by atomic mass is 9.89. The number of para-hydroxylation sites is 1. The maximum atomic E-state index is 13.0. The van der Waals surface area contributed by atoms with E-state index in [1.807, 2.05) is 0 Å². The maximum absolute atomic E-state index is 13.0. The molecule has 3 aromatic carbocycles. The largest absolute Gasteiger partial charge is 0.480 e. The first-order valence-corrected chi connectivity index (χ1v) is 14.9. The Morgan fingerprint density at radius 1 is 0.860 bits per heavy atom. The number of carboxylic acid groups (broad SMARTS) is 1. The molecule has 0 aliphatic heterocycles. The highest BCUT2D eigenvalue weighted by atomic mass is 35.5. The molecule has 11 heteroatoms. The first-order valence-electron chi connectivity index (χ1n) is 14.1. The summed E-state index contributed by atoms with van der Waals surface area (Å²) < 4.78 is 0. The maximum Gasteiger partial charge on any atom is 0.326 e. The standard InChI is InChI=1S/C32H34Cl2N4O5/c1-19-7-5-10-23(29(39)35-18-21-8-3-2-4-9-21)28(19)38-32(43)37-26(31(41)42)17-20-13-15-22(16-14-20)36-30(40)27-24(33)11-6-12-25(27)34/h5-7,10-16,21,26H,2-4,8-9,17-18H2,1H3,(H,35,39)(H,36,40)(H,41,42)(H2,37,38,43)/t26-/m0/s1. The lowest BCUT2D eigenvalue weighted by molar-refractivity contribution is -0.139. The van der Waals surface area contributed by atoms with Gasteiger partial charge in [-0.1, -0.05) is 72.8 Å². The van der Waals surface area contributed by atoms with Crippen LogP contribution in [-0.2, 0) is 11.2 Å². The van der Waals surface area contributed by atoms with E-state index >= 15 is 0 Å². The molecule has 1 aliphatic rings. The number of aliphatic carboxylic acids is 1. The van der Waals surface area contributed by atoms with Crippen LogP contribution in [0.2, 0.25) is 10.0 Å². The Hall–Kier alpha value is -4.08. The molecule has 226 valence electrons. The average Bonchev–Trinajstić information content (AvgIpc) is 2.98. The molecule has 1 fully saturated rings. The minimum absolute atomic E-state index is 0.0180. The summed E-state index contributed by atoms with van der Waals surface area (Å²) in [4.78, 5) is 50.6. The third-order valence-corrected chi connectivity index (χ3v) is 8.11. The quantitative estimate of drug-likeness (QED) is 0.171. The van der Waals surface area contributed by atoms with Crippen molar-refractivity contribution >= 4 is 58.4 Å². The van der Waals surface area contributed by atoms with Crippen molar-refractivity contribution in [1.29, 1.82) is 0 Å². The molecule has 0 saturated heterocycles. The molecule has 1 atom stereocenters. The van der Waals surface area contributed by atoms with Crippen LogP contribution < -0.4 is 21.3 Å². The molecule has 1 saturated carbocycles. The van der Waals surface area contributed by atoms with E-state index in [1.54, 1.807) is 67.6 Å². The molecule has 0 aromatic heterocycles. The van der Waals surface area contributed by atoms with Crippen LogP contribution in [0.3, 0.4) is 0 Å². The van der Waals surface area contributed by atoms with Crippen molar-refractivity contribution in [2.45, 2.75) is 51.5 Å². The Kier molecular flexibility index (Phi) is 11.0. The Bertz CT molecular complexity index is 1470. The number of hydrogen-bond acceptors (Lipinski definition) is 4. The van der Waals surface area contributed by atoms with Gasteiger partial charge in [0, 0.05) is 18.7 Å². The molecule has 43 heavy (non-hydrogen) atoms. The van der Waals surface area contributed by atoms with Gasteiger partial charge in [-0.15, -0.1) is 0 Å². The van der Waals surface area contributed by atoms with Crippen molar-refractivity contribution in [2.24, 2.45) is 5.92 Å². The van der Waals surface area contributed by atoms with Crippen LogP contribution in [-0.4, -0.2) is 41.5 Å². The first kappa shape index (κ1) is 31.8. The van der Waals surface area contributed by atoms with Crippen molar-refractivity contribution in [3.05, 3.63) is 93.0 Å². The Labute approximate surface area is 260 Å². The highest BCUT2D eigenvalue weighted by Crippen LogP contribution is 2.26. The van der Waals surface area contributed by atoms with E-state index in [-0.39, 0.29) is 27.9 Å². The summed E-state index contributed by atoms with van der Waals surface area (Å²) in [7, 11) is 0. The van der Waals surface area contributed by atoms with Crippen molar-refractivity contribution in [1.82, 2.24) is 10.6 Å². The molecule has 1 aliphatic carbocycles. The van der Waals surface area contributed by atoms with Gasteiger partial charge >= 0.3 is 12.0 Å². The molecule has 5 N–H and O–H groups in total. The van der Waals surface area contributed by atoms with E-state index in [1.165, 1.54) is 19.3 Å². The second-order valence-corrected chi connectivity index (χ2v) is 11.5. The Morgan fingerprint density at radius 3 is 2.16 bits per heavy atom. The van der Waals surface area contributed by atoms with Crippen molar-refractivity contribution in [3.8, 4) is 0 Å². The van der Waals surface area contributed by atoms with Crippen molar-refractivity contribution < 1.29 is 24.3 Å². The zero-order valence-corrected chi connectivity index (χ0v) is 25.2. The topological polar surface area (TPSA) is 137 Å². The number of amides is 4. The molecule has 0 unspecified atom stereocenters. The number of hydrogen-bond donors (Lipinski definition) is 5. The summed E-state index contributed by atoms with van der Waals surface area (Å²) in [5.74, 6) is -1.55. The predicted octanol–water partition coefficient (Wildman–Crippen LogP) is 6.68. The van der Waals surface area contributed by atoms with E-state index in [9.17, 15) is 24.3 Å². The zero-order valence-electron chi connectivity index (χ0n) is 23.7. The predicted molar refractivity (Wildman–Crippen MR) is 168 cm³/mol. The summed E-state index contributed by atoms with van der Waals surface area (Å²) in [6.45, 7) is 2.35. The number of benzene rings is 3. The fraction of sp³-hybridized carbons (Fsp3) is 0.312. The summed E-state index contributed by atoms with van der Waals surface area (Å²) in [5, 5.41) is 21.1. The van der Waals surface area contributed by atoms with Crippen LogP contribution >= 0.6 is 23.2 Å². The summed E-state index contributed by atoms with van der Waals surface area (Å²) >= 11 is 12.2. The molecule has 3 aromatic rings. The minimum Gasteiger partial charge on any atom is -0.480 e. The number of rotatable bonds is 10. The van der Waals surface area contributed by atoms with E-state index in [0.717, 1.165) is 12.8 Å². The molecule has 0 bridgehead atoms. The average molecular weight is 626 g/mol. The van der Waals surface area contributed by atoms with Gasteiger partial charge in [0.05, 0.1) is 26.9 Å². The molecule has 0 radical (unpaired) electrons. The second kappa shape index (κ2) is 14.9. The third-order valence-electron chi connectivity index (χ3n) is 7.48. The van der Waals surface area contributed by atoms with Crippen molar-refractivity contribution in [2.75, 3.05) is 17.2 Å². The van der Waals surface area contributed by atoms with Gasteiger partial charge in [0.25, 0.3) is 11.8 Å². The second-order valence-electron chi connectivity index (χ2n) is 10.7. The van der Waals surface area contributed by atoms with Crippen LogP contribution in [0.15, 0.2) is 60.7 Å². The Balaban J connectivity index is 1.37. The SMILES string of the molecule is Cc1cccc(C(=O)NCC2CCCCC2)c1NC(=O)N[C@@H](Cc1ccc(NC(=O)c2c(Cl)cccc2Cl)cc1)C(=O)O. The van der Waals surface area contributed by atoms with Gasteiger partial charge in [-0.05, 0) is 67.1 Å². The highest BCUT2D eigenvalue weighted by molar-refractivity contribution is 6.40. The van der Waals surface area contributed by atoms with E-state index in [0.29, 0.717) is 40.5 Å². The number of nitrogens with one attached hydrogen (secondary N) is 4. The van der Waals surface area contributed by atoms with Gasteiger partial charge in [0.15, 0.2) is 0 Å². The molecule has 4 rings (SSSR count). The van der Waals surface area contributed by atoms with Gasteiger partial charge in [0.2, 0.25) is 0 Å². The monoisotopic (exact) mass is 624 g/mol. The molecular formula is C32H34Cl2N4O5. The fourth-order valence-electron chi connectivity index (χ4n) is 5.12. The molecule has 9 nitrogen and oxygen atoms in total. The van der Waals surface area contributed by atoms with Gasteiger partial charge in [0.1, 0.15) is 6.04 Å². The third kappa shape index (κ3) is 8.72. The summed E-state index contributed by atoms with van der Waals surface area (Å²) in [6.07, 6.45) is 5.73. The molecular weight excluding hydrogens is 591 g/mol. The highest BCUT2D eigenvalue weighted by Gasteiger charge is 2.23. The number of halogens is 2. The van der Waals surface area contributed by atoms with E-state index < -0.39 is 23.9 Å². The number of carboxylic acids is 1. The summed E-state index contributed by atoms with van der Waals surface area (Å²) in [5.41, 5.74) is 2.52. The van der Waals surface area contributed by atoms with Gasteiger partial charge in [-0.3, -0.25) is 9.59 Å². The van der Waals surface area contributed by atoms with Gasteiger partial charge in [-0.2, -0.15) is 0 Å². The van der Waals surface area contributed by atoms with Crippen molar-refractivity contribution in [3.63, 3.8) is 0 Å². The molecule has 0 heterocycles. The van der Waals surface area contributed by atoms with Gasteiger partial charge < -0.3 is 26.4 Å². The number of aryl methyl sites for hydroxylation is 1. The zero-order chi connectivity index (χ0) is 30.9. The lowest BCUT2D eigenvalue weighted by Gasteiger charge is -2.22. The van der Waals surface area contributed by atoms with Crippen LogP contribution in [0, 0.1) is 12.8 Å². The van der Waals surface area contributed by atoms with E-state index in [4.69, 9.17) is 23.2 Å². The lowest BCUT2D eigenvalue weighted by Crippen LogP contribution is -2.44. The smallest absolute Gasteiger partial charge is 0.326 e. The van der Waals surface area contributed by atoms with Crippen LogP contribution in [0.5, 0.6) is 0 Å². The number of urea groups is 1. The normalized spacial score (nSPS) is 13.9. The molecule has 0 spiro atoms. The Morgan fingerprint density at radius 2 is 1.51 bits per heavy atom. The van der Waals surface area contributed by atoms with Gasteiger partial charge in [-0.25, -0.2) is 9.59 Å². The minimum atomic E-state index is -1.25. The van der Waals surface area contributed by atoms with Crippen LogP contribution in [0.25, 0.3) is 0 Å². The van der Waals surface area contributed by atoms with Crippen LogP contribution in [0.1, 0.15) is 63.9 Å². The fourth-order valence-corrected chi connectivity index (χ4v) is 5.69.